The highest BCUT2D eigenvalue weighted by molar-refractivity contribution is 7.16. The number of thiophene rings is 2. The minimum Gasteiger partial charge on any atom is -0.477 e. The van der Waals surface area contributed by atoms with E-state index >= 15 is 0 Å². The molecule has 0 saturated carbocycles. The zero-order valence-electron chi connectivity index (χ0n) is 30.1. The van der Waals surface area contributed by atoms with Crippen LogP contribution in [-0.2, 0) is 9.59 Å². The predicted molar refractivity (Wildman–Crippen MR) is 230 cm³/mol. The highest BCUT2D eigenvalue weighted by atomic mass is 32.1. The van der Waals surface area contributed by atoms with Gasteiger partial charge in [-0.2, -0.15) is 10.5 Å². The molecule has 0 bridgehead atoms. The van der Waals surface area contributed by atoms with Crippen LogP contribution in [0, 0.1) is 22.7 Å². The van der Waals surface area contributed by atoms with Crippen molar-refractivity contribution in [2.24, 2.45) is 0 Å². The summed E-state index contributed by atoms with van der Waals surface area (Å²) in [5.74, 6) is -2.52. The molecule has 0 aliphatic rings. The Hall–Kier alpha value is -7.56. The van der Waals surface area contributed by atoms with Gasteiger partial charge in [0.25, 0.3) is 0 Å². The van der Waals surface area contributed by atoms with Crippen molar-refractivity contribution in [2.45, 2.75) is 0 Å². The van der Waals surface area contributed by atoms with Crippen LogP contribution in [0.5, 0.6) is 0 Å². The molecule has 0 spiro atoms. The van der Waals surface area contributed by atoms with Crippen LogP contribution >= 0.6 is 22.7 Å². The summed E-state index contributed by atoms with van der Waals surface area (Å²) in [6, 6.07) is 56.2. The van der Waals surface area contributed by atoms with Gasteiger partial charge in [0.2, 0.25) is 0 Å². The molecule has 0 atom stereocenters. The molecule has 7 aromatic rings. The lowest BCUT2D eigenvalue weighted by Crippen LogP contribution is -2.09. The van der Waals surface area contributed by atoms with E-state index in [1.165, 1.54) is 34.8 Å². The molecule has 57 heavy (non-hydrogen) atoms. The number of aliphatic carboxylic acids is 2. The molecule has 0 aliphatic carbocycles. The maximum Gasteiger partial charge on any atom is 0.346 e. The summed E-state index contributed by atoms with van der Waals surface area (Å²) in [4.78, 5) is 28.1. The van der Waals surface area contributed by atoms with Crippen LogP contribution in [0.1, 0.15) is 26.4 Å². The zero-order valence-corrected chi connectivity index (χ0v) is 31.7. The molecule has 0 fully saturated rings. The van der Waals surface area contributed by atoms with Crippen LogP contribution in [-0.4, -0.2) is 22.2 Å². The quantitative estimate of drug-likeness (QED) is 0.0718. The second-order valence-corrected chi connectivity index (χ2v) is 14.9. The molecular weight excluding hydrogens is 747 g/mol. The number of hydrogen-bond donors (Lipinski definition) is 2. The van der Waals surface area contributed by atoms with Crippen LogP contribution in [0.3, 0.4) is 0 Å². The van der Waals surface area contributed by atoms with E-state index < -0.39 is 11.9 Å². The number of nitrogens with zero attached hydrogens (tertiary/aromatic N) is 3. The van der Waals surface area contributed by atoms with Crippen LogP contribution < -0.4 is 4.90 Å². The Balaban J connectivity index is 1.24. The Bertz CT molecular complexity index is 2570. The SMILES string of the molecule is N#C/C(=C\c1ccc(-c2ccc(N(c3ccc(C=C(c4ccccc4)c4ccccc4)cc3)c3ccc(-c4ccc(/C=C(\C#N)C(=O)O)s4)cc3)cc2)s1)C(=O)O. The molecule has 7 nitrogen and oxygen atoms in total. The number of benzene rings is 5. The maximum atomic E-state index is 11.4. The van der Waals surface area contributed by atoms with E-state index in [4.69, 9.17) is 0 Å². The normalized spacial score (nSPS) is 11.3. The van der Waals surface area contributed by atoms with Crippen molar-refractivity contribution in [3.63, 3.8) is 0 Å². The van der Waals surface area contributed by atoms with Gasteiger partial charge in [-0.25, -0.2) is 9.59 Å². The van der Waals surface area contributed by atoms with Gasteiger partial charge in [-0.05, 0) is 112 Å². The van der Waals surface area contributed by atoms with Gasteiger partial charge in [0, 0.05) is 36.6 Å². The highest BCUT2D eigenvalue weighted by Gasteiger charge is 2.16. The molecule has 5 aromatic carbocycles. The molecule has 0 unspecified atom stereocenters. The monoisotopic (exact) mass is 777 g/mol. The summed E-state index contributed by atoms with van der Waals surface area (Å²) in [7, 11) is 0. The Labute approximate surface area is 337 Å². The standard InChI is InChI=1S/C48H31N3O4S2/c49-30-37(47(52)53)28-42-23-25-45(56-42)35-13-19-40(20-14-35)51(41-21-15-36(16-22-41)46-26-24-43(57-46)29-38(31-50)48(54)55)39-17-11-32(12-18-39)27-44(33-7-3-1-4-8-33)34-9-5-2-6-10-34/h1-29H,(H,52,53)(H,54,55)/b37-28+,38-29+. The maximum absolute atomic E-state index is 11.4. The van der Waals surface area contributed by atoms with Gasteiger partial charge in [-0.15, -0.1) is 22.7 Å². The van der Waals surface area contributed by atoms with Gasteiger partial charge in [0.05, 0.1) is 0 Å². The average Bonchev–Trinajstić information content (AvgIpc) is 3.93. The van der Waals surface area contributed by atoms with Gasteiger partial charge in [0.15, 0.2) is 0 Å². The summed E-state index contributed by atoms with van der Waals surface area (Å²) in [5, 5.41) is 37.0. The summed E-state index contributed by atoms with van der Waals surface area (Å²) in [6.45, 7) is 0. The third-order valence-electron chi connectivity index (χ3n) is 8.98. The lowest BCUT2D eigenvalue weighted by atomic mass is 9.95. The van der Waals surface area contributed by atoms with Crippen LogP contribution in [0.25, 0.3) is 44.7 Å². The van der Waals surface area contributed by atoms with E-state index in [0.717, 1.165) is 60.2 Å². The predicted octanol–water partition coefficient (Wildman–Crippen LogP) is 12.2. The fourth-order valence-electron chi connectivity index (χ4n) is 6.19. The highest BCUT2D eigenvalue weighted by Crippen LogP contribution is 2.39. The average molecular weight is 778 g/mol. The summed E-state index contributed by atoms with van der Waals surface area (Å²) >= 11 is 2.81. The number of nitriles is 2. The van der Waals surface area contributed by atoms with Gasteiger partial charge in [0.1, 0.15) is 23.3 Å². The molecule has 0 aliphatic heterocycles. The van der Waals surface area contributed by atoms with Crippen LogP contribution in [0.15, 0.2) is 169 Å². The van der Waals surface area contributed by atoms with E-state index in [1.807, 2.05) is 97.1 Å². The summed E-state index contributed by atoms with van der Waals surface area (Å²) in [6.07, 6.45) is 4.96. The second-order valence-electron chi connectivity index (χ2n) is 12.7. The number of carboxylic acids is 2. The Morgan fingerprint density at radius 3 is 1.25 bits per heavy atom. The fourth-order valence-corrected chi connectivity index (χ4v) is 8.10. The van der Waals surface area contributed by atoms with Gasteiger partial charge >= 0.3 is 11.9 Å². The van der Waals surface area contributed by atoms with Gasteiger partial charge < -0.3 is 15.1 Å². The second kappa shape index (κ2) is 17.3. The number of rotatable bonds is 12. The number of carbonyl (C=O) groups is 2. The van der Waals surface area contributed by atoms with E-state index in [2.05, 4.69) is 59.5 Å². The Morgan fingerprint density at radius 1 is 0.491 bits per heavy atom. The minimum atomic E-state index is -1.26. The Morgan fingerprint density at radius 2 is 0.877 bits per heavy atom. The first-order chi connectivity index (χ1) is 27.8. The molecule has 0 radical (unpaired) electrons. The number of carboxylic acid groups (broad SMARTS) is 2. The smallest absolute Gasteiger partial charge is 0.346 e. The van der Waals surface area contributed by atoms with Gasteiger partial charge in [-0.1, -0.05) is 97.1 Å². The largest absolute Gasteiger partial charge is 0.477 e. The zero-order chi connectivity index (χ0) is 39.7. The molecule has 2 aromatic heterocycles. The molecule has 7 rings (SSSR count). The van der Waals surface area contributed by atoms with E-state index in [0.29, 0.717) is 9.75 Å². The number of hydrogen-bond acceptors (Lipinski definition) is 7. The van der Waals surface area contributed by atoms with Crippen molar-refractivity contribution in [3.05, 3.63) is 195 Å². The lowest BCUT2D eigenvalue weighted by molar-refractivity contribution is -0.133. The molecule has 274 valence electrons. The topological polar surface area (TPSA) is 125 Å². The minimum absolute atomic E-state index is 0.319. The van der Waals surface area contributed by atoms with Crippen LogP contribution in [0.2, 0.25) is 0 Å². The third kappa shape index (κ3) is 8.88. The van der Waals surface area contributed by atoms with E-state index in [-0.39, 0.29) is 11.1 Å². The van der Waals surface area contributed by atoms with Crippen molar-refractivity contribution in [2.75, 3.05) is 4.90 Å². The van der Waals surface area contributed by atoms with Crippen LogP contribution in [0.4, 0.5) is 17.1 Å². The first-order valence-electron chi connectivity index (χ1n) is 17.6. The Kier molecular flexibility index (Phi) is 11.4. The van der Waals surface area contributed by atoms with Crippen molar-refractivity contribution in [1.29, 1.82) is 10.5 Å². The van der Waals surface area contributed by atoms with Crippen molar-refractivity contribution in [1.82, 2.24) is 0 Å². The lowest BCUT2D eigenvalue weighted by Gasteiger charge is -2.26. The van der Waals surface area contributed by atoms with Crippen molar-refractivity contribution >= 4 is 75.5 Å². The molecular formula is C48H31N3O4S2. The summed E-state index contributed by atoms with van der Waals surface area (Å²) < 4.78 is 0. The number of anilines is 3. The molecule has 0 saturated heterocycles. The molecule has 0 amide bonds. The molecule has 9 heteroatoms. The first-order valence-corrected chi connectivity index (χ1v) is 19.3. The van der Waals surface area contributed by atoms with E-state index in [1.54, 1.807) is 24.3 Å². The fraction of sp³-hybridized carbons (Fsp3) is 0. The third-order valence-corrected chi connectivity index (χ3v) is 11.1. The summed E-state index contributed by atoms with van der Waals surface area (Å²) in [5.41, 5.74) is 8.44. The molecule has 2 heterocycles. The van der Waals surface area contributed by atoms with Gasteiger partial charge in [-0.3, -0.25) is 0 Å². The molecule has 2 N–H and O–H groups in total. The van der Waals surface area contributed by atoms with Crippen molar-refractivity contribution in [3.8, 4) is 33.0 Å². The van der Waals surface area contributed by atoms with Crippen molar-refractivity contribution < 1.29 is 19.8 Å². The first kappa shape index (κ1) is 37.7. The van der Waals surface area contributed by atoms with E-state index in [9.17, 15) is 30.3 Å².